The minimum Gasteiger partial charge on any atom is -0.330 e. The molecule has 0 fully saturated rings. The number of unbranched alkanes of at least 4 members (excludes halogenated alkanes) is 1. The average molecular weight is 208 g/mol. The van der Waals surface area contributed by atoms with Gasteiger partial charge in [0.25, 0.3) is 0 Å². The summed E-state index contributed by atoms with van der Waals surface area (Å²) in [6, 6.07) is 0. The van der Waals surface area contributed by atoms with Gasteiger partial charge >= 0.3 is 0 Å². The fourth-order valence-electron chi connectivity index (χ4n) is 0.936. The Labute approximate surface area is 81.2 Å². The van der Waals surface area contributed by atoms with Crippen LogP contribution >= 0.6 is 0 Å². The Bertz CT molecular complexity index is 214. The molecule has 0 spiro atoms. The molecule has 2 N–H and O–H groups in total. The van der Waals surface area contributed by atoms with Crippen molar-refractivity contribution in [1.82, 2.24) is 4.31 Å². The zero-order valence-corrected chi connectivity index (χ0v) is 9.31. The second-order valence-electron chi connectivity index (χ2n) is 3.13. The summed E-state index contributed by atoms with van der Waals surface area (Å²) in [6.45, 7) is 3.05. The maximum atomic E-state index is 11.5. The van der Waals surface area contributed by atoms with Crippen molar-refractivity contribution in [1.29, 1.82) is 0 Å². The minimum absolute atomic E-state index is 0.255. The normalized spacial score (nSPS) is 12.3. The van der Waals surface area contributed by atoms with Crippen LogP contribution in [0.15, 0.2) is 0 Å². The molecular formula is C8H20N2O2S. The SMILES string of the molecule is CCCCS(=O)(=O)N(C)CCCN. The van der Waals surface area contributed by atoms with Crippen molar-refractivity contribution >= 4 is 10.0 Å². The Kier molecular flexibility index (Phi) is 6.28. The van der Waals surface area contributed by atoms with E-state index in [4.69, 9.17) is 5.73 Å². The van der Waals surface area contributed by atoms with E-state index in [9.17, 15) is 8.42 Å². The van der Waals surface area contributed by atoms with E-state index < -0.39 is 10.0 Å². The van der Waals surface area contributed by atoms with Gasteiger partial charge in [0, 0.05) is 13.6 Å². The molecule has 80 valence electrons. The van der Waals surface area contributed by atoms with Crippen molar-refractivity contribution in [3.8, 4) is 0 Å². The predicted molar refractivity (Wildman–Crippen MR) is 55.0 cm³/mol. The summed E-state index contributed by atoms with van der Waals surface area (Å²) in [7, 11) is -1.41. The molecule has 0 aromatic rings. The molecule has 0 rings (SSSR count). The highest BCUT2D eigenvalue weighted by Gasteiger charge is 2.15. The summed E-state index contributed by atoms with van der Waals surface area (Å²) in [4.78, 5) is 0. The number of nitrogens with zero attached hydrogens (tertiary/aromatic N) is 1. The molecule has 0 saturated carbocycles. The van der Waals surface area contributed by atoms with Crippen molar-refractivity contribution in [2.75, 3.05) is 25.9 Å². The molecule has 4 nitrogen and oxygen atoms in total. The van der Waals surface area contributed by atoms with Gasteiger partial charge in [0.15, 0.2) is 0 Å². The Hall–Kier alpha value is -0.130. The molecule has 0 aliphatic carbocycles. The van der Waals surface area contributed by atoms with E-state index in [1.807, 2.05) is 6.92 Å². The molecular weight excluding hydrogens is 188 g/mol. The summed E-state index contributed by atoms with van der Waals surface area (Å²) in [5.41, 5.74) is 5.30. The van der Waals surface area contributed by atoms with Crippen LogP contribution in [-0.2, 0) is 10.0 Å². The van der Waals surface area contributed by atoms with Gasteiger partial charge < -0.3 is 5.73 Å². The first-order chi connectivity index (χ1) is 6.04. The molecule has 0 saturated heterocycles. The fraction of sp³-hybridized carbons (Fsp3) is 1.00. The lowest BCUT2D eigenvalue weighted by molar-refractivity contribution is 0.462. The highest BCUT2D eigenvalue weighted by atomic mass is 32.2. The summed E-state index contributed by atoms with van der Waals surface area (Å²) in [5, 5.41) is 0. The number of sulfonamides is 1. The lowest BCUT2D eigenvalue weighted by atomic mass is 10.4. The van der Waals surface area contributed by atoms with Gasteiger partial charge in [-0.15, -0.1) is 0 Å². The second-order valence-corrected chi connectivity index (χ2v) is 5.33. The first-order valence-electron chi connectivity index (χ1n) is 4.68. The van der Waals surface area contributed by atoms with Crippen LogP contribution < -0.4 is 5.73 Å². The quantitative estimate of drug-likeness (QED) is 0.658. The van der Waals surface area contributed by atoms with Crippen molar-refractivity contribution in [3.05, 3.63) is 0 Å². The minimum atomic E-state index is -3.02. The summed E-state index contributed by atoms with van der Waals surface area (Å²) in [6.07, 6.45) is 2.36. The van der Waals surface area contributed by atoms with Gasteiger partial charge in [0.1, 0.15) is 0 Å². The van der Waals surface area contributed by atoms with Crippen LogP contribution in [0.5, 0.6) is 0 Å². The predicted octanol–water partition coefficient (Wildman–Crippen LogP) is 0.397. The number of nitrogens with two attached hydrogens (primary N) is 1. The molecule has 0 radical (unpaired) electrons. The first-order valence-corrected chi connectivity index (χ1v) is 6.29. The third kappa shape index (κ3) is 5.23. The van der Waals surface area contributed by atoms with Gasteiger partial charge in [-0.25, -0.2) is 12.7 Å². The van der Waals surface area contributed by atoms with E-state index in [1.165, 1.54) is 4.31 Å². The van der Waals surface area contributed by atoms with E-state index in [0.717, 1.165) is 19.3 Å². The Morgan fingerprint density at radius 1 is 1.31 bits per heavy atom. The van der Waals surface area contributed by atoms with Gasteiger partial charge in [-0.05, 0) is 19.4 Å². The molecule has 0 heterocycles. The first kappa shape index (κ1) is 12.9. The summed E-state index contributed by atoms with van der Waals surface area (Å²) >= 11 is 0. The molecule has 0 aromatic carbocycles. The van der Waals surface area contributed by atoms with Gasteiger partial charge in [0.2, 0.25) is 10.0 Å². The Morgan fingerprint density at radius 2 is 1.92 bits per heavy atom. The van der Waals surface area contributed by atoms with Crippen LogP contribution in [0.1, 0.15) is 26.2 Å². The summed E-state index contributed by atoms with van der Waals surface area (Å²) < 4.78 is 24.4. The van der Waals surface area contributed by atoms with E-state index >= 15 is 0 Å². The van der Waals surface area contributed by atoms with Crippen molar-refractivity contribution in [3.63, 3.8) is 0 Å². The average Bonchev–Trinajstić information content (AvgIpc) is 2.10. The smallest absolute Gasteiger partial charge is 0.213 e. The van der Waals surface area contributed by atoms with Gasteiger partial charge in [-0.2, -0.15) is 0 Å². The Morgan fingerprint density at radius 3 is 2.38 bits per heavy atom. The Balaban J connectivity index is 3.96. The van der Waals surface area contributed by atoms with Crippen molar-refractivity contribution in [2.24, 2.45) is 5.73 Å². The molecule has 0 unspecified atom stereocenters. The van der Waals surface area contributed by atoms with E-state index in [0.29, 0.717) is 13.1 Å². The monoisotopic (exact) mass is 208 g/mol. The molecule has 0 aromatic heterocycles. The van der Waals surface area contributed by atoms with Gasteiger partial charge in [-0.3, -0.25) is 0 Å². The van der Waals surface area contributed by atoms with Crippen LogP contribution in [0.4, 0.5) is 0 Å². The van der Waals surface area contributed by atoms with Crippen LogP contribution in [-0.4, -0.2) is 38.6 Å². The fourth-order valence-corrected chi connectivity index (χ4v) is 2.31. The molecule has 0 atom stereocenters. The zero-order chi connectivity index (χ0) is 10.3. The number of rotatable bonds is 7. The van der Waals surface area contributed by atoms with Crippen LogP contribution in [0.2, 0.25) is 0 Å². The summed E-state index contributed by atoms with van der Waals surface area (Å²) in [5.74, 6) is 0.255. The molecule has 0 amide bonds. The maximum Gasteiger partial charge on any atom is 0.213 e. The molecule has 0 aliphatic heterocycles. The van der Waals surface area contributed by atoms with E-state index in [-0.39, 0.29) is 5.75 Å². The highest BCUT2D eigenvalue weighted by molar-refractivity contribution is 7.89. The van der Waals surface area contributed by atoms with E-state index in [1.54, 1.807) is 7.05 Å². The molecule has 13 heavy (non-hydrogen) atoms. The second kappa shape index (κ2) is 6.34. The number of hydrogen-bond acceptors (Lipinski definition) is 3. The topological polar surface area (TPSA) is 63.4 Å². The van der Waals surface area contributed by atoms with Gasteiger partial charge in [0.05, 0.1) is 5.75 Å². The van der Waals surface area contributed by atoms with Crippen LogP contribution in [0.3, 0.4) is 0 Å². The van der Waals surface area contributed by atoms with Crippen LogP contribution in [0, 0.1) is 0 Å². The van der Waals surface area contributed by atoms with Gasteiger partial charge in [-0.1, -0.05) is 13.3 Å². The van der Waals surface area contributed by atoms with E-state index in [2.05, 4.69) is 0 Å². The highest BCUT2D eigenvalue weighted by Crippen LogP contribution is 2.02. The lowest BCUT2D eigenvalue weighted by Crippen LogP contribution is -2.31. The van der Waals surface area contributed by atoms with Crippen molar-refractivity contribution in [2.45, 2.75) is 26.2 Å². The third-order valence-corrected chi connectivity index (χ3v) is 3.84. The lowest BCUT2D eigenvalue weighted by Gasteiger charge is -2.16. The number of hydrogen-bond donors (Lipinski definition) is 1. The zero-order valence-electron chi connectivity index (χ0n) is 8.49. The standard InChI is InChI=1S/C8H20N2O2S/c1-3-4-8-13(11,12)10(2)7-5-6-9/h3-9H2,1-2H3. The molecule has 5 heteroatoms. The van der Waals surface area contributed by atoms with Crippen LogP contribution in [0.25, 0.3) is 0 Å². The molecule has 0 bridgehead atoms. The maximum absolute atomic E-state index is 11.5. The third-order valence-electron chi connectivity index (χ3n) is 1.91. The largest absolute Gasteiger partial charge is 0.330 e. The molecule has 0 aliphatic rings. The van der Waals surface area contributed by atoms with Crippen molar-refractivity contribution < 1.29 is 8.42 Å².